The first-order chi connectivity index (χ1) is 13.9. The molecule has 0 aliphatic carbocycles. The van der Waals surface area contributed by atoms with Gasteiger partial charge in [-0.05, 0) is 61.1 Å². The molecule has 1 saturated heterocycles. The summed E-state index contributed by atoms with van der Waals surface area (Å²) < 4.78 is 5.70. The van der Waals surface area contributed by atoms with Crippen molar-refractivity contribution >= 4 is 17.5 Å². The number of anilines is 1. The van der Waals surface area contributed by atoms with Gasteiger partial charge in [-0.25, -0.2) is 0 Å². The van der Waals surface area contributed by atoms with E-state index in [9.17, 15) is 9.59 Å². The SMILES string of the molecule is CC(C)COc1cccc(C(=O)Nc2cccc(C(=O)N3CCC(C)CC3)c2)c1. The zero-order valence-electron chi connectivity index (χ0n) is 17.5. The number of nitrogens with zero attached hydrogens (tertiary/aromatic N) is 1. The summed E-state index contributed by atoms with van der Waals surface area (Å²) in [5.41, 5.74) is 1.74. The highest BCUT2D eigenvalue weighted by Gasteiger charge is 2.21. The summed E-state index contributed by atoms with van der Waals surface area (Å²) in [5.74, 6) is 1.56. The van der Waals surface area contributed by atoms with Gasteiger partial charge < -0.3 is 15.0 Å². The maximum atomic E-state index is 12.8. The molecule has 2 aromatic rings. The topological polar surface area (TPSA) is 58.6 Å². The Labute approximate surface area is 173 Å². The minimum Gasteiger partial charge on any atom is -0.493 e. The van der Waals surface area contributed by atoms with E-state index in [4.69, 9.17) is 4.74 Å². The molecule has 2 aromatic carbocycles. The van der Waals surface area contributed by atoms with E-state index in [0.717, 1.165) is 25.9 Å². The summed E-state index contributed by atoms with van der Waals surface area (Å²) in [6, 6.07) is 14.3. The van der Waals surface area contributed by atoms with Crippen LogP contribution in [0.3, 0.4) is 0 Å². The normalized spacial score (nSPS) is 14.7. The molecule has 1 aliphatic heterocycles. The smallest absolute Gasteiger partial charge is 0.255 e. The van der Waals surface area contributed by atoms with E-state index in [-0.39, 0.29) is 11.8 Å². The molecule has 2 amide bonds. The van der Waals surface area contributed by atoms with Crippen molar-refractivity contribution in [2.45, 2.75) is 33.6 Å². The Morgan fingerprint density at radius 2 is 1.76 bits per heavy atom. The molecule has 1 aliphatic rings. The molecule has 1 fully saturated rings. The number of benzene rings is 2. The third-order valence-corrected chi connectivity index (χ3v) is 5.12. The van der Waals surface area contributed by atoms with E-state index < -0.39 is 0 Å². The predicted octanol–water partition coefficient (Wildman–Crippen LogP) is 4.85. The molecular weight excluding hydrogens is 364 g/mol. The molecule has 0 radical (unpaired) electrons. The third-order valence-electron chi connectivity index (χ3n) is 5.12. The maximum Gasteiger partial charge on any atom is 0.255 e. The Kier molecular flexibility index (Phi) is 6.91. The zero-order valence-corrected chi connectivity index (χ0v) is 17.5. The number of nitrogens with one attached hydrogen (secondary N) is 1. The monoisotopic (exact) mass is 394 g/mol. The van der Waals surface area contributed by atoms with Crippen LogP contribution in [0.5, 0.6) is 5.75 Å². The molecule has 0 saturated carbocycles. The van der Waals surface area contributed by atoms with Gasteiger partial charge in [-0.15, -0.1) is 0 Å². The van der Waals surface area contributed by atoms with Crippen molar-refractivity contribution in [3.8, 4) is 5.75 Å². The van der Waals surface area contributed by atoms with Gasteiger partial charge in [-0.3, -0.25) is 9.59 Å². The van der Waals surface area contributed by atoms with Crippen LogP contribution in [0.15, 0.2) is 48.5 Å². The van der Waals surface area contributed by atoms with Crippen molar-refractivity contribution in [3.05, 3.63) is 59.7 Å². The van der Waals surface area contributed by atoms with E-state index in [1.165, 1.54) is 0 Å². The molecule has 5 nitrogen and oxygen atoms in total. The Bertz CT molecular complexity index is 855. The number of carbonyl (C=O) groups excluding carboxylic acids is 2. The van der Waals surface area contributed by atoms with Crippen LogP contribution in [0.4, 0.5) is 5.69 Å². The third kappa shape index (κ3) is 5.83. The number of carbonyl (C=O) groups is 2. The van der Waals surface area contributed by atoms with Crippen molar-refractivity contribution in [2.24, 2.45) is 11.8 Å². The lowest BCUT2D eigenvalue weighted by Gasteiger charge is -2.30. The average Bonchev–Trinajstić information content (AvgIpc) is 2.72. The maximum absolute atomic E-state index is 12.8. The highest BCUT2D eigenvalue weighted by atomic mass is 16.5. The molecule has 154 valence electrons. The Morgan fingerprint density at radius 3 is 2.48 bits per heavy atom. The van der Waals surface area contributed by atoms with Crippen molar-refractivity contribution in [1.82, 2.24) is 4.90 Å². The Balaban J connectivity index is 1.66. The summed E-state index contributed by atoms with van der Waals surface area (Å²) in [6.45, 7) is 8.56. The van der Waals surface area contributed by atoms with Crippen LogP contribution >= 0.6 is 0 Å². The summed E-state index contributed by atoms with van der Waals surface area (Å²) in [7, 11) is 0. The van der Waals surface area contributed by atoms with Crippen LogP contribution in [0.2, 0.25) is 0 Å². The molecule has 1 N–H and O–H groups in total. The van der Waals surface area contributed by atoms with Gasteiger partial charge in [-0.2, -0.15) is 0 Å². The number of hydrogen-bond donors (Lipinski definition) is 1. The number of likely N-dealkylation sites (tertiary alicyclic amines) is 1. The van der Waals surface area contributed by atoms with E-state index in [2.05, 4.69) is 26.1 Å². The second kappa shape index (κ2) is 9.59. The first-order valence-corrected chi connectivity index (χ1v) is 10.4. The number of ether oxygens (including phenoxy) is 1. The molecule has 0 spiro atoms. The van der Waals surface area contributed by atoms with Crippen molar-refractivity contribution in [2.75, 3.05) is 25.0 Å². The number of piperidine rings is 1. The van der Waals surface area contributed by atoms with E-state index in [1.807, 2.05) is 17.0 Å². The largest absolute Gasteiger partial charge is 0.493 e. The summed E-state index contributed by atoms with van der Waals surface area (Å²) >= 11 is 0. The van der Waals surface area contributed by atoms with Crippen LogP contribution in [0, 0.1) is 11.8 Å². The zero-order chi connectivity index (χ0) is 20.8. The summed E-state index contributed by atoms with van der Waals surface area (Å²) in [5, 5.41) is 2.89. The average molecular weight is 395 g/mol. The van der Waals surface area contributed by atoms with Gasteiger partial charge in [0.05, 0.1) is 6.61 Å². The van der Waals surface area contributed by atoms with Crippen LogP contribution in [0.25, 0.3) is 0 Å². The standard InChI is InChI=1S/C24H30N2O3/c1-17(2)16-29-22-9-5-6-19(15-22)23(27)25-21-8-4-7-20(14-21)24(28)26-12-10-18(3)11-13-26/h4-9,14-15,17-18H,10-13,16H2,1-3H3,(H,25,27). The van der Waals surface area contributed by atoms with Crippen molar-refractivity contribution in [1.29, 1.82) is 0 Å². The number of rotatable bonds is 6. The van der Waals surface area contributed by atoms with Gasteiger partial charge in [0.1, 0.15) is 5.75 Å². The van der Waals surface area contributed by atoms with Gasteiger partial charge in [0, 0.05) is 29.9 Å². The van der Waals surface area contributed by atoms with Gasteiger partial charge in [0.15, 0.2) is 0 Å². The minimum absolute atomic E-state index is 0.0251. The lowest BCUT2D eigenvalue weighted by Crippen LogP contribution is -2.37. The molecular formula is C24H30N2O3. The molecule has 0 atom stereocenters. The highest BCUT2D eigenvalue weighted by molar-refractivity contribution is 6.05. The predicted molar refractivity (Wildman–Crippen MR) is 115 cm³/mol. The molecule has 0 unspecified atom stereocenters. The lowest BCUT2D eigenvalue weighted by atomic mass is 9.98. The van der Waals surface area contributed by atoms with E-state index in [0.29, 0.717) is 41.0 Å². The van der Waals surface area contributed by atoms with Crippen molar-refractivity contribution in [3.63, 3.8) is 0 Å². The first-order valence-electron chi connectivity index (χ1n) is 10.4. The second-order valence-electron chi connectivity index (χ2n) is 8.24. The molecule has 0 aromatic heterocycles. The highest BCUT2D eigenvalue weighted by Crippen LogP contribution is 2.21. The summed E-state index contributed by atoms with van der Waals surface area (Å²) in [4.78, 5) is 27.3. The van der Waals surface area contributed by atoms with Crippen molar-refractivity contribution < 1.29 is 14.3 Å². The quantitative estimate of drug-likeness (QED) is 0.762. The fraction of sp³-hybridized carbons (Fsp3) is 0.417. The van der Waals surface area contributed by atoms with Crippen LogP contribution < -0.4 is 10.1 Å². The molecule has 3 rings (SSSR count). The molecule has 0 bridgehead atoms. The Morgan fingerprint density at radius 1 is 1.07 bits per heavy atom. The van der Waals surface area contributed by atoms with Gasteiger partial charge >= 0.3 is 0 Å². The van der Waals surface area contributed by atoms with Gasteiger partial charge in [-0.1, -0.05) is 32.9 Å². The van der Waals surface area contributed by atoms with Crippen LogP contribution in [-0.4, -0.2) is 36.4 Å². The fourth-order valence-corrected chi connectivity index (χ4v) is 3.32. The molecule has 1 heterocycles. The molecule has 29 heavy (non-hydrogen) atoms. The van der Waals surface area contributed by atoms with Crippen LogP contribution in [0.1, 0.15) is 54.3 Å². The van der Waals surface area contributed by atoms with Gasteiger partial charge in [0.25, 0.3) is 11.8 Å². The van der Waals surface area contributed by atoms with E-state index >= 15 is 0 Å². The second-order valence-corrected chi connectivity index (χ2v) is 8.24. The van der Waals surface area contributed by atoms with E-state index in [1.54, 1.807) is 36.4 Å². The minimum atomic E-state index is -0.226. The van der Waals surface area contributed by atoms with Gasteiger partial charge in [0.2, 0.25) is 0 Å². The van der Waals surface area contributed by atoms with Crippen LogP contribution in [-0.2, 0) is 0 Å². The fourth-order valence-electron chi connectivity index (χ4n) is 3.32. The molecule has 5 heteroatoms. The Hall–Kier alpha value is -2.82. The number of hydrogen-bond acceptors (Lipinski definition) is 3. The lowest BCUT2D eigenvalue weighted by molar-refractivity contribution is 0.0697. The first kappa shape index (κ1) is 20.9. The summed E-state index contributed by atoms with van der Waals surface area (Å²) in [6.07, 6.45) is 2.08. The number of amides is 2.